The molecule has 0 saturated carbocycles. The highest BCUT2D eigenvalue weighted by Gasteiger charge is 2.24. The molecule has 0 bridgehead atoms. The van der Waals surface area contributed by atoms with Gasteiger partial charge in [-0.15, -0.1) is 11.3 Å². The van der Waals surface area contributed by atoms with E-state index in [0.29, 0.717) is 28.8 Å². The van der Waals surface area contributed by atoms with Gasteiger partial charge in [0.25, 0.3) is 5.91 Å². The molecule has 126 valence electrons. The van der Waals surface area contributed by atoms with Crippen LogP contribution in [0.3, 0.4) is 0 Å². The van der Waals surface area contributed by atoms with Gasteiger partial charge in [-0.05, 0) is 19.1 Å². The topological polar surface area (TPSA) is 89.6 Å². The largest absolute Gasteiger partial charge is 0.344 e. The number of anilines is 1. The van der Waals surface area contributed by atoms with Crippen LogP contribution in [0.5, 0.6) is 0 Å². The Hall–Kier alpha value is -2.29. The highest BCUT2D eigenvalue weighted by atomic mass is 32.1. The van der Waals surface area contributed by atoms with Crippen molar-refractivity contribution < 1.29 is 19.1 Å². The Kier molecular flexibility index (Phi) is 5.19. The van der Waals surface area contributed by atoms with Gasteiger partial charge in [-0.3, -0.25) is 9.59 Å². The maximum absolute atomic E-state index is 12.2. The summed E-state index contributed by atoms with van der Waals surface area (Å²) in [7, 11) is 0. The second kappa shape index (κ2) is 7.52. The number of aromatic nitrogens is 1. The van der Waals surface area contributed by atoms with Crippen molar-refractivity contribution in [3.05, 3.63) is 46.4 Å². The predicted octanol–water partition coefficient (Wildman–Crippen LogP) is 1.95. The number of para-hydroxylation sites is 1. The van der Waals surface area contributed by atoms with Crippen molar-refractivity contribution in [2.75, 3.05) is 18.5 Å². The second-order valence-electron chi connectivity index (χ2n) is 5.19. The molecule has 1 aromatic heterocycles. The molecule has 0 aliphatic carbocycles. The minimum atomic E-state index is -0.678. The fourth-order valence-electron chi connectivity index (χ4n) is 2.11. The first-order valence-electron chi connectivity index (χ1n) is 7.49. The summed E-state index contributed by atoms with van der Waals surface area (Å²) in [4.78, 5) is 28.9. The van der Waals surface area contributed by atoms with Crippen LogP contribution in [0.15, 0.2) is 36.5 Å². The van der Waals surface area contributed by atoms with E-state index in [1.165, 1.54) is 17.5 Å². The van der Waals surface area contributed by atoms with Crippen LogP contribution < -0.4 is 10.6 Å². The summed E-state index contributed by atoms with van der Waals surface area (Å²) in [5.41, 5.74) is 0.680. The molecule has 2 heterocycles. The Morgan fingerprint density at radius 3 is 2.67 bits per heavy atom. The maximum atomic E-state index is 12.2. The standard InChI is InChI=1S/C16H17N3O4S/c1-10(13(20)19-11-5-3-2-4-6-11)18-14(21)12-9-17-15(24-12)16-22-7-8-23-16/h2-6,9-10,16H,7-8H2,1H3,(H,18,21)(H,19,20). The van der Waals surface area contributed by atoms with Gasteiger partial charge >= 0.3 is 0 Å². The number of rotatable bonds is 5. The first-order valence-corrected chi connectivity index (χ1v) is 8.31. The number of benzene rings is 1. The van der Waals surface area contributed by atoms with E-state index < -0.39 is 12.3 Å². The number of hydrogen-bond acceptors (Lipinski definition) is 6. The van der Waals surface area contributed by atoms with E-state index in [9.17, 15) is 9.59 Å². The van der Waals surface area contributed by atoms with Gasteiger partial charge in [0.15, 0.2) is 0 Å². The number of thiazole rings is 1. The molecule has 1 saturated heterocycles. The fourth-order valence-corrected chi connectivity index (χ4v) is 2.93. The van der Waals surface area contributed by atoms with Crippen molar-refractivity contribution in [1.29, 1.82) is 0 Å². The molecule has 1 fully saturated rings. The third-order valence-electron chi connectivity index (χ3n) is 3.35. The number of carbonyl (C=O) groups excluding carboxylic acids is 2. The lowest BCUT2D eigenvalue weighted by Gasteiger charge is -2.13. The summed E-state index contributed by atoms with van der Waals surface area (Å²) >= 11 is 1.19. The smallest absolute Gasteiger partial charge is 0.263 e. The summed E-state index contributed by atoms with van der Waals surface area (Å²) in [6.45, 7) is 2.66. The quantitative estimate of drug-likeness (QED) is 0.863. The van der Waals surface area contributed by atoms with Crippen LogP contribution in [0.4, 0.5) is 5.69 Å². The molecular weight excluding hydrogens is 330 g/mol. The van der Waals surface area contributed by atoms with E-state index in [-0.39, 0.29) is 11.8 Å². The lowest BCUT2D eigenvalue weighted by Crippen LogP contribution is -2.41. The second-order valence-corrected chi connectivity index (χ2v) is 6.25. The van der Waals surface area contributed by atoms with E-state index >= 15 is 0 Å². The number of nitrogens with one attached hydrogen (secondary N) is 2. The average molecular weight is 347 g/mol. The SMILES string of the molecule is CC(NC(=O)c1cnc(C2OCCO2)s1)C(=O)Nc1ccccc1. The molecule has 1 unspecified atom stereocenters. The molecule has 1 aliphatic rings. The van der Waals surface area contributed by atoms with Crippen molar-refractivity contribution in [2.45, 2.75) is 19.3 Å². The zero-order valence-electron chi connectivity index (χ0n) is 13.0. The van der Waals surface area contributed by atoms with E-state index in [1.807, 2.05) is 18.2 Å². The summed E-state index contributed by atoms with van der Waals surface area (Å²) in [5, 5.41) is 6.00. The van der Waals surface area contributed by atoms with Gasteiger partial charge in [-0.1, -0.05) is 18.2 Å². The monoisotopic (exact) mass is 347 g/mol. The number of ether oxygens (including phenoxy) is 2. The molecule has 1 aromatic carbocycles. The molecule has 3 rings (SSSR count). The minimum absolute atomic E-state index is 0.290. The lowest BCUT2D eigenvalue weighted by molar-refractivity contribution is -0.117. The Morgan fingerprint density at radius 2 is 1.96 bits per heavy atom. The van der Waals surface area contributed by atoms with Gasteiger partial charge < -0.3 is 20.1 Å². The van der Waals surface area contributed by atoms with Crippen LogP contribution >= 0.6 is 11.3 Å². The van der Waals surface area contributed by atoms with Crippen molar-refractivity contribution in [2.24, 2.45) is 0 Å². The molecule has 1 aliphatic heterocycles. The molecule has 8 heteroatoms. The predicted molar refractivity (Wildman–Crippen MR) is 88.8 cm³/mol. The third kappa shape index (κ3) is 3.97. The van der Waals surface area contributed by atoms with Gasteiger partial charge in [0.05, 0.1) is 19.4 Å². The van der Waals surface area contributed by atoms with Crippen molar-refractivity contribution in [3.63, 3.8) is 0 Å². The van der Waals surface area contributed by atoms with E-state index in [2.05, 4.69) is 15.6 Å². The van der Waals surface area contributed by atoms with Gasteiger partial charge in [-0.2, -0.15) is 0 Å². The molecule has 2 aromatic rings. The molecule has 2 N–H and O–H groups in total. The Labute approximate surface area is 143 Å². The van der Waals surface area contributed by atoms with Gasteiger partial charge in [0.2, 0.25) is 12.2 Å². The van der Waals surface area contributed by atoms with Crippen LogP contribution in [-0.4, -0.2) is 36.1 Å². The van der Waals surface area contributed by atoms with E-state index in [4.69, 9.17) is 9.47 Å². The fraction of sp³-hybridized carbons (Fsp3) is 0.312. The summed E-state index contributed by atoms with van der Waals surface area (Å²) < 4.78 is 10.7. The minimum Gasteiger partial charge on any atom is -0.344 e. The third-order valence-corrected chi connectivity index (χ3v) is 4.37. The highest BCUT2D eigenvalue weighted by Crippen LogP contribution is 2.27. The van der Waals surface area contributed by atoms with Crippen LogP contribution in [-0.2, 0) is 14.3 Å². The van der Waals surface area contributed by atoms with Crippen LogP contribution in [0.25, 0.3) is 0 Å². The van der Waals surface area contributed by atoms with Crippen molar-refractivity contribution in [1.82, 2.24) is 10.3 Å². The van der Waals surface area contributed by atoms with Gasteiger partial charge in [0.1, 0.15) is 15.9 Å². The van der Waals surface area contributed by atoms with E-state index in [0.717, 1.165) is 0 Å². The molecule has 0 spiro atoms. The summed E-state index contributed by atoms with van der Waals surface area (Å²) in [6.07, 6.45) is 0.956. The Bertz CT molecular complexity index is 713. The molecule has 24 heavy (non-hydrogen) atoms. The first kappa shape index (κ1) is 16.6. The van der Waals surface area contributed by atoms with E-state index in [1.54, 1.807) is 19.1 Å². The highest BCUT2D eigenvalue weighted by molar-refractivity contribution is 7.13. The van der Waals surface area contributed by atoms with Crippen molar-refractivity contribution >= 4 is 28.8 Å². The number of amides is 2. The Balaban J connectivity index is 1.56. The molecule has 1 atom stereocenters. The molecular formula is C16H17N3O4S. The maximum Gasteiger partial charge on any atom is 0.263 e. The first-order chi connectivity index (χ1) is 11.6. The summed E-state index contributed by atoms with van der Waals surface area (Å²) in [6, 6.07) is 8.39. The van der Waals surface area contributed by atoms with Crippen LogP contribution in [0.1, 0.15) is 27.9 Å². The zero-order chi connectivity index (χ0) is 16.9. The molecule has 0 radical (unpaired) electrons. The number of hydrogen-bond donors (Lipinski definition) is 2. The lowest BCUT2D eigenvalue weighted by atomic mass is 10.2. The van der Waals surface area contributed by atoms with Gasteiger partial charge in [-0.25, -0.2) is 4.98 Å². The van der Waals surface area contributed by atoms with Gasteiger partial charge in [0, 0.05) is 5.69 Å². The molecule has 7 nitrogen and oxygen atoms in total. The van der Waals surface area contributed by atoms with Crippen LogP contribution in [0.2, 0.25) is 0 Å². The molecule has 2 amide bonds. The number of nitrogens with zero attached hydrogens (tertiary/aromatic N) is 1. The normalized spacial score (nSPS) is 15.9. The Morgan fingerprint density at radius 1 is 1.25 bits per heavy atom. The average Bonchev–Trinajstić information content (AvgIpc) is 3.27. The zero-order valence-corrected chi connectivity index (χ0v) is 13.8. The van der Waals surface area contributed by atoms with Crippen molar-refractivity contribution in [3.8, 4) is 0 Å². The van der Waals surface area contributed by atoms with Crippen LogP contribution in [0, 0.1) is 0 Å². The summed E-state index contributed by atoms with van der Waals surface area (Å²) in [5.74, 6) is -0.644. The number of carbonyl (C=O) groups is 2.